The summed E-state index contributed by atoms with van der Waals surface area (Å²) >= 11 is 5.89. The van der Waals surface area contributed by atoms with Gasteiger partial charge in [0, 0.05) is 12.7 Å². The molecule has 0 aliphatic rings. The van der Waals surface area contributed by atoms with E-state index in [0.29, 0.717) is 10.7 Å². The second kappa shape index (κ2) is 5.44. The molecular weight excluding hydrogens is 266 g/mol. The average Bonchev–Trinajstić information content (AvgIpc) is 2.84. The Morgan fingerprint density at radius 2 is 2.21 bits per heavy atom. The lowest BCUT2D eigenvalue weighted by Crippen LogP contribution is -2.19. The first kappa shape index (κ1) is 13.6. The third-order valence-corrected chi connectivity index (χ3v) is 3.24. The van der Waals surface area contributed by atoms with Crippen molar-refractivity contribution in [2.45, 2.75) is 33.9 Å². The molecule has 0 saturated heterocycles. The van der Waals surface area contributed by atoms with Gasteiger partial charge in [-0.25, -0.2) is 0 Å². The van der Waals surface area contributed by atoms with E-state index in [4.69, 9.17) is 11.6 Å². The molecule has 0 bridgehead atoms. The van der Waals surface area contributed by atoms with Crippen LogP contribution in [0.15, 0.2) is 12.4 Å². The van der Waals surface area contributed by atoms with Crippen LogP contribution in [0, 0.1) is 13.8 Å². The fourth-order valence-electron chi connectivity index (χ4n) is 1.80. The van der Waals surface area contributed by atoms with Gasteiger partial charge in [0.25, 0.3) is 0 Å². The molecule has 0 aliphatic carbocycles. The van der Waals surface area contributed by atoms with Gasteiger partial charge in [0.15, 0.2) is 0 Å². The van der Waals surface area contributed by atoms with Crippen molar-refractivity contribution in [1.29, 1.82) is 0 Å². The first-order chi connectivity index (χ1) is 9.01. The SMILES string of the molecule is CCn1ncc(NC(=O)Cn2cc(Cl)c(C)n2)c1C. The molecule has 6 nitrogen and oxygen atoms in total. The minimum absolute atomic E-state index is 0.129. The largest absolute Gasteiger partial charge is 0.322 e. The Morgan fingerprint density at radius 1 is 1.47 bits per heavy atom. The Balaban J connectivity index is 2.03. The number of aryl methyl sites for hydroxylation is 2. The number of rotatable bonds is 4. The van der Waals surface area contributed by atoms with Gasteiger partial charge in [-0.15, -0.1) is 0 Å². The number of halogens is 1. The first-order valence-corrected chi connectivity index (χ1v) is 6.41. The number of amides is 1. The quantitative estimate of drug-likeness (QED) is 0.932. The lowest BCUT2D eigenvalue weighted by atomic mass is 10.4. The monoisotopic (exact) mass is 281 g/mol. The maximum Gasteiger partial charge on any atom is 0.246 e. The molecule has 0 radical (unpaired) electrons. The molecule has 2 aromatic heterocycles. The third kappa shape index (κ3) is 2.96. The molecule has 0 atom stereocenters. The van der Waals surface area contributed by atoms with Gasteiger partial charge >= 0.3 is 0 Å². The predicted molar refractivity (Wildman–Crippen MR) is 73.2 cm³/mol. The van der Waals surface area contributed by atoms with E-state index in [9.17, 15) is 4.79 Å². The molecule has 7 heteroatoms. The Morgan fingerprint density at radius 3 is 2.74 bits per heavy atom. The Labute approximate surface area is 116 Å². The lowest BCUT2D eigenvalue weighted by Gasteiger charge is -2.05. The molecule has 0 fully saturated rings. The molecule has 102 valence electrons. The van der Waals surface area contributed by atoms with Gasteiger partial charge in [0.1, 0.15) is 6.54 Å². The third-order valence-electron chi connectivity index (χ3n) is 2.87. The van der Waals surface area contributed by atoms with Crippen molar-refractivity contribution in [3.8, 4) is 0 Å². The summed E-state index contributed by atoms with van der Waals surface area (Å²) in [6, 6.07) is 0. The standard InChI is InChI=1S/C12H16ClN5O/c1-4-18-9(3)11(5-14-18)15-12(19)7-17-6-10(13)8(2)16-17/h5-6H,4,7H2,1-3H3,(H,15,19). The van der Waals surface area contributed by atoms with Gasteiger partial charge < -0.3 is 5.32 Å². The van der Waals surface area contributed by atoms with E-state index in [1.807, 2.05) is 18.5 Å². The number of aromatic nitrogens is 4. The zero-order valence-corrected chi connectivity index (χ0v) is 11.9. The average molecular weight is 282 g/mol. The summed E-state index contributed by atoms with van der Waals surface area (Å²) in [6.45, 7) is 6.62. The lowest BCUT2D eigenvalue weighted by molar-refractivity contribution is -0.116. The molecule has 0 unspecified atom stereocenters. The van der Waals surface area contributed by atoms with E-state index >= 15 is 0 Å². The number of hydrogen-bond acceptors (Lipinski definition) is 3. The number of nitrogens with one attached hydrogen (secondary N) is 1. The van der Waals surface area contributed by atoms with Crippen LogP contribution in [0.1, 0.15) is 18.3 Å². The van der Waals surface area contributed by atoms with Crippen molar-refractivity contribution in [3.63, 3.8) is 0 Å². The van der Waals surface area contributed by atoms with Gasteiger partial charge in [-0.1, -0.05) is 11.6 Å². The van der Waals surface area contributed by atoms with Crippen LogP contribution in [0.2, 0.25) is 5.02 Å². The van der Waals surface area contributed by atoms with Gasteiger partial charge in [-0.3, -0.25) is 14.2 Å². The normalized spacial score (nSPS) is 10.7. The summed E-state index contributed by atoms with van der Waals surface area (Å²) in [5.41, 5.74) is 2.37. The van der Waals surface area contributed by atoms with Crippen molar-refractivity contribution in [1.82, 2.24) is 19.6 Å². The van der Waals surface area contributed by atoms with Crippen LogP contribution in [0.4, 0.5) is 5.69 Å². The fraction of sp³-hybridized carbons (Fsp3) is 0.417. The zero-order valence-electron chi connectivity index (χ0n) is 11.1. The highest BCUT2D eigenvalue weighted by atomic mass is 35.5. The van der Waals surface area contributed by atoms with E-state index in [1.54, 1.807) is 19.3 Å². The van der Waals surface area contributed by atoms with Crippen LogP contribution in [0.3, 0.4) is 0 Å². The second-order valence-electron chi connectivity index (χ2n) is 4.27. The molecule has 0 spiro atoms. The molecule has 19 heavy (non-hydrogen) atoms. The van der Waals surface area contributed by atoms with E-state index < -0.39 is 0 Å². The number of anilines is 1. The highest BCUT2D eigenvalue weighted by Crippen LogP contribution is 2.14. The van der Waals surface area contributed by atoms with Crippen LogP contribution >= 0.6 is 11.6 Å². The topological polar surface area (TPSA) is 64.7 Å². The van der Waals surface area contributed by atoms with Crippen molar-refractivity contribution >= 4 is 23.2 Å². The predicted octanol–water partition coefficient (Wildman–Crippen LogP) is 2.01. The van der Waals surface area contributed by atoms with Gasteiger partial charge in [-0.2, -0.15) is 10.2 Å². The molecule has 0 aliphatic heterocycles. The highest BCUT2D eigenvalue weighted by molar-refractivity contribution is 6.31. The molecule has 2 rings (SSSR count). The molecule has 2 heterocycles. The molecular formula is C12H16ClN5O. The molecule has 1 N–H and O–H groups in total. The summed E-state index contributed by atoms with van der Waals surface area (Å²) in [6.07, 6.45) is 3.29. The zero-order chi connectivity index (χ0) is 14.0. The maximum absolute atomic E-state index is 11.9. The molecule has 0 saturated carbocycles. The molecule has 0 aromatic carbocycles. The minimum Gasteiger partial charge on any atom is -0.322 e. The summed E-state index contributed by atoms with van der Waals surface area (Å²) in [7, 11) is 0. The van der Waals surface area contributed by atoms with Crippen molar-refractivity contribution in [2.24, 2.45) is 0 Å². The maximum atomic E-state index is 11.9. The van der Waals surface area contributed by atoms with Crippen LogP contribution in [-0.2, 0) is 17.9 Å². The Kier molecular flexibility index (Phi) is 3.90. The number of hydrogen-bond donors (Lipinski definition) is 1. The minimum atomic E-state index is -0.155. The Hall–Kier alpha value is -1.82. The van der Waals surface area contributed by atoms with Crippen molar-refractivity contribution in [2.75, 3.05) is 5.32 Å². The number of nitrogens with zero attached hydrogens (tertiary/aromatic N) is 4. The van der Waals surface area contributed by atoms with Gasteiger partial charge in [0.05, 0.1) is 28.3 Å². The summed E-state index contributed by atoms with van der Waals surface area (Å²) in [5, 5.41) is 11.7. The first-order valence-electron chi connectivity index (χ1n) is 6.03. The van der Waals surface area contributed by atoms with E-state index in [1.165, 1.54) is 4.68 Å². The van der Waals surface area contributed by atoms with E-state index in [0.717, 1.165) is 17.9 Å². The van der Waals surface area contributed by atoms with Gasteiger partial charge in [0.2, 0.25) is 5.91 Å². The Bertz CT molecular complexity index is 582. The fourth-order valence-corrected chi connectivity index (χ4v) is 1.95. The van der Waals surface area contributed by atoms with Crippen molar-refractivity contribution in [3.05, 3.63) is 28.8 Å². The van der Waals surface area contributed by atoms with Crippen LogP contribution in [0.5, 0.6) is 0 Å². The summed E-state index contributed by atoms with van der Waals surface area (Å²) in [4.78, 5) is 11.9. The molecule has 2 aromatic rings. The molecule has 1 amide bonds. The van der Waals surface area contributed by atoms with Crippen molar-refractivity contribution < 1.29 is 4.79 Å². The highest BCUT2D eigenvalue weighted by Gasteiger charge is 2.11. The number of carbonyl (C=O) groups excluding carboxylic acids is 1. The van der Waals surface area contributed by atoms with E-state index in [-0.39, 0.29) is 12.5 Å². The summed E-state index contributed by atoms with van der Waals surface area (Å²) < 4.78 is 3.34. The van der Waals surface area contributed by atoms with Crippen LogP contribution < -0.4 is 5.32 Å². The second-order valence-corrected chi connectivity index (χ2v) is 4.67. The van der Waals surface area contributed by atoms with Crippen LogP contribution in [0.25, 0.3) is 0 Å². The van der Waals surface area contributed by atoms with Gasteiger partial charge in [-0.05, 0) is 20.8 Å². The number of carbonyl (C=O) groups is 1. The smallest absolute Gasteiger partial charge is 0.246 e. The van der Waals surface area contributed by atoms with Crippen LogP contribution in [-0.4, -0.2) is 25.5 Å². The van der Waals surface area contributed by atoms with E-state index in [2.05, 4.69) is 15.5 Å². The summed E-state index contributed by atoms with van der Waals surface area (Å²) in [5.74, 6) is -0.155.